The van der Waals surface area contributed by atoms with Gasteiger partial charge in [0.25, 0.3) is 0 Å². The molecule has 0 radical (unpaired) electrons. The number of sulfonamides is 1. The number of carbonyl (C=O) groups excluding carboxylic acids is 2. The molecule has 1 amide bonds. The predicted octanol–water partition coefficient (Wildman–Crippen LogP) is 2.32. The molecule has 3 rings (SSSR count). The van der Waals surface area contributed by atoms with Crippen molar-refractivity contribution >= 4 is 33.5 Å². The predicted molar refractivity (Wildman–Crippen MR) is 112 cm³/mol. The van der Waals surface area contributed by atoms with E-state index < -0.39 is 22.0 Å². The Balaban J connectivity index is 1.75. The minimum Gasteiger partial charge on any atom is -0.461 e. The van der Waals surface area contributed by atoms with Gasteiger partial charge in [-0.05, 0) is 43.5 Å². The summed E-state index contributed by atoms with van der Waals surface area (Å²) < 4.78 is 33.9. The molecule has 8 nitrogen and oxygen atoms in total. The summed E-state index contributed by atoms with van der Waals surface area (Å²) in [5.41, 5.74) is 1.00. The van der Waals surface area contributed by atoms with Gasteiger partial charge in [0, 0.05) is 31.4 Å². The number of amides is 1. The van der Waals surface area contributed by atoms with Crippen LogP contribution in [0.5, 0.6) is 0 Å². The zero-order valence-electron chi connectivity index (χ0n) is 16.8. The minimum atomic E-state index is -3.95. The van der Waals surface area contributed by atoms with E-state index in [0.717, 1.165) is 5.56 Å². The molecule has 2 aromatic rings. The van der Waals surface area contributed by atoms with Crippen molar-refractivity contribution in [3.05, 3.63) is 52.8 Å². The first-order valence-corrected chi connectivity index (χ1v) is 11.4. The lowest BCUT2D eigenvalue weighted by Crippen LogP contribution is -2.45. The molecular weight excluding hydrogens is 430 g/mol. The molecule has 1 aromatic carbocycles. The summed E-state index contributed by atoms with van der Waals surface area (Å²) in [7, 11) is -2.37. The molecule has 1 fully saturated rings. The number of ether oxygens (including phenoxy) is 1. The van der Waals surface area contributed by atoms with Crippen LogP contribution >= 0.6 is 11.6 Å². The Labute approximate surface area is 180 Å². The maximum atomic E-state index is 13.2. The van der Waals surface area contributed by atoms with Crippen LogP contribution in [0.1, 0.15) is 35.8 Å². The standard InChI is InChI=1S/C20H24ClN3O5S/c1-3-29-20(26)18-11-16(13-23(18)2)30(27,28)24-10-4-5-17(24)19(25)22-12-14-6-8-15(21)9-7-14/h6-9,11,13,17H,3-5,10,12H2,1-2H3,(H,22,25)/t17-/m0/s1. The SMILES string of the molecule is CCOC(=O)c1cc(S(=O)(=O)N2CCC[C@H]2C(=O)NCc2ccc(Cl)cc2)cn1C. The van der Waals surface area contributed by atoms with E-state index in [2.05, 4.69) is 5.32 Å². The number of hydrogen-bond acceptors (Lipinski definition) is 5. The van der Waals surface area contributed by atoms with E-state index in [1.54, 1.807) is 38.2 Å². The second-order valence-corrected chi connectivity index (χ2v) is 9.34. The van der Waals surface area contributed by atoms with E-state index in [9.17, 15) is 18.0 Å². The number of nitrogens with one attached hydrogen (secondary N) is 1. The minimum absolute atomic E-state index is 0.0366. The second kappa shape index (κ2) is 9.20. The van der Waals surface area contributed by atoms with Gasteiger partial charge in [0.05, 0.1) is 6.61 Å². The van der Waals surface area contributed by atoms with Gasteiger partial charge in [-0.25, -0.2) is 13.2 Å². The van der Waals surface area contributed by atoms with Crippen LogP contribution in [-0.2, 0) is 33.1 Å². The van der Waals surface area contributed by atoms with Gasteiger partial charge >= 0.3 is 5.97 Å². The lowest BCUT2D eigenvalue weighted by Gasteiger charge is -2.23. The summed E-state index contributed by atoms with van der Waals surface area (Å²) in [5.74, 6) is -0.951. The highest BCUT2D eigenvalue weighted by Crippen LogP contribution is 2.27. The molecule has 162 valence electrons. The smallest absolute Gasteiger partial charge is 0.354 e. The molecule has 1 aromatic heterocycles. The fourth-order valence-corrected chi connectivity index (χ4v) is 5.27. The Kier molecular flexibility index (Phi) is 6.84. The van der Waals surface area contributed by atoms with E-state index >= 15 is 0 Å². The van der Waals surface area contributed by atoms with Crippen LogP contribution in [0, 0.1) is 0 Å². The zero-order valence-corrected chi connectivity index (χ0v) is 18.4. The van der Waals surface area contributed by atoms with Crippen LogP contribution in [-0.4, -0.2) is 48.4 Å². The molecule has 1 atom stereocenters. The Hall–Kier alpha value is -2.36. The summed E-state index contributed by atoms with van der Waals surface area (Å²) in [4.78, 5) is 24.7. The normalized spacial score (nSPS) is 17.1. The van der Waals surface area contributed by atoms with Gasteiger partial charge in [-0.2, -0.15) is 4.31 Å². The van der Waals surface area contributed by atoms with E-state index in [1.165, 1.54) is 21.1 Å². The average molecular weight is 454 g/mol. The second-order valence-electron chi connectivity index (χ2n) is 7.01. The van der Waals surface area contributed by atoms with Gasteiger partial charge in [-0.1, -0.05) is 23.7 Å². The molecular formula is C20H24ClN3O5S. The highest BCUT2D eigenvalue weighted by atomic mass is 35.5. The van der Waals surface area contributed by atoms with Crippen LogP contribution in [0.25, 0.3) is 0 Å². The van der Waals surface area contributed by atoms with Crippen molar-refractivity contribution < 1.29 is 22.7 Å². The van der Waals surface area contributed by atoms with Gasteiger partial charge in [-0.3, -0.25) is 4.79 Å². The maximum Gasteiger partial charge on any atom is 0.354 e. The van der Waals surface area contributed by atoms with E-state index in [-0.39, 0.29) is 36.2 Å². The maximum absolute atomic E-state index is 13.2. The number of nitrogens with zero attached hydrogens (tertiary/aromatic N) is 2. The molecule has 10 heteroatoms. The highest BCUT2D eigenvalue weighted by Gasteiger charge is 2.40. The summed E-state index contributed by atoms with van der Waals surface area (Å²) in [6, 6.07) is 7.54. The van der Waals surface area contributed by atoms with Crippen LogP contribution < -0.4 is 5.32 Å². The van der Waals surface area contributed by atoms with E-state index in [0.29, 0.717) is 17.9 Å². The quantitative estimate of drug-likeness (QED) is 0.649. The van der Waals surface area contributed by atoms with Crippen LogP contribution in [0.4, 0.5) is 0 Å². The first kappa shape index (κ1) is 22.3. The van der Waals surface area contributed by atoms with Gasteiger partial charge in [0.15, 0.2) is 0 Å². The van der Waals surface area contributed by atoms with E-state index in [4.69, 9.17) is 16.3 Å². The van der Waals surface area contributed by atoms with Gasteiger partial charge in [0.1, 0.15) is 16.6 Å². The molecule has 0 spiro atoms. The monoisotopic (exact) mass is 453 g/mol. The van der Waals surface area contributed by atoms with Crippen molar-refractivity contribution in [2.45, 2.75) is 37.2 Å². The number of rotatable bonds is 7. The Morgan fingerprint density at radius 3 is 2.63 bits per heavy atom. The van der Waals surface area contributed by atoms with Gasteiger partial charge < -0.3 is 14.6 Å². The van der Waals surface area contributed by atoms with Gasteiger partial charge in [0.2, 0.25) is 15.9 Å². The van der Waals surface area contributed by atoms with Crippen LogP contribution in [0.3, 0.4) is 0 Å². The molecule has 0 saturated carbocycles. The average Bonchev–Trinajstić information content (AvgIpc) is 3.35. The van der Waals surface area contributed by atoms with Crippen molar-refractivity contribution in [2.75, 3.05) is 13.2 Å². The third-order valence-corrected chi connectivity index (χ3v) is 7.08. The fraction of sp³-hybridized carbons (Fsp3) is 0.400. The number of aromatic nitrogens is 1. The molecule has 0 aliphatic carbocycles. The zero-order chi connectivity index (χ0) is 21.9. The molecule has 30 heavy (non-hydrogen) atoms. The molecule has 0 bridgehead atoms. The number of hydrogen-bond donors (Lipinski definition) is 1. The molecule has 1 N–H and O–H groups in total. The lowest BCUT2D eigenvalue weighted by atomic mass is 10.2. The lowest BCUT2D eigenvalue weighted by molar-refractivity contribution is -0.124. The fourth-order valence-electron chi connectivity index (χ4n) is 3.42. The van der Waals surface area contributed by atoms with Crippen LogP contribution in [0.15, 0.2) is 41.4 Å². The number of halogens is 1. The Bertz CT molecular complexity index is 1030. The molecule has 2 heterocycles. The van der Waals surface area contributed by atoms with Crippen molar-refractivity contribution in [2.24, 2.45) is 7.05 Å². The largest absolute Gasteiger partial charge is 0.461 e. The van der Waals surface area contributed by atoms with Crippen molar-refractivity contribution in [1.82, 2.24) is 14.2 Å². The topological polar surface area (TPSA) is 97.7 Å². The number of benzene rings is 1. The summed E-state index contributed by atoms with van der Waals surface area (Å²) in [6.45, 7) is 2.38. The molecule has 0 unspecified atom stereocenters. The molecule has 1 saturated heterocycles. The molecule has 1 aliphatic rings. The number of esters is 1. The first-order chi connectivity index (χ1) is 14.2. The Morgan fingerprint density at radius 2 is 1.97 bits per heavy atom. The molecule has 1 aliphatic heterocycles. The summed E-state index contributed by atoms with van der Waals surface area (Å²) in [6.07, 6.45) is 2.38. The summed E-state index contributed by atoms with van der Waals surface area (Å²) >= 11 is 5.86. The van der Waals surface area contributed by atoms with Crippen molar-refractivity contribution in [3.8, 4) is 0 Å². The number of carbonyl (C=O) groups is 2. The van der Waals surface area contributed by atoms with Gasteiger partial charge in [-0.15, -0.1) is 0 Å². The third-order valence-electron chi connectivity index (χ3n) is 4.96. The first-order valence-electron chi connectivity index (χ1n) is 9.61. The van der Waals surface area contributed by atoms with Crippen LogP contribution in [0.2, 0.25) is 5.02 Å². The highest BCUT2D eigenvalue weighted by molar-refractivity contribution is 7.89. The van der Waals surface area contributed by atoms with Crippen molar-refractivity contribution in [1.29, 1.82) is 0 Å². The van der Waals surface area contributed by atoms with E-state index in [1.807, 2.05) is 0 Å². The number of aryl methyl sites for hydroxylation is 1. The van der Waals surface area contributed by atoms with Crippen molar-refractivity contribution in [3.63, 3.8) is 0 Å². The third kappa shape index (κ3) is 4.69. The Morgan fingerprint density at radius 1 is 1.27 bits per heavy atom. The summed E-state index contributed by atoms with van der Waals surface area (Å²) in [5, 5.41) is 3.40.